The van der Waals surface area contributed by atoms with Gasteiger partial charge in [-0.3, -0.25) is 5.10 Å². The van der Waals surface area contributed by atoms with E-state index in [0.29, 0.717) is 5.82 Å². The first kappa shape index (κ1) is 10.6. The first-order valence-electron chi connectivity index (χ1n) is 4.35. The van der Waals surface area contributed by atoms with Gasteiger partial charge in [0.2, 0.25) is 0 Å². The highest BCUT2D eigenvalue weighted by atomic mass is 79.9. The number of aromatic nitrogens is 2. The standard InChI is InChI=1S/C10H10BrN3S/c1-15-9-3-2-6(11)4-7(9)8-5-10(12)14-13-8/h2-5H,1H3,(H3,12,13,14). The summed E-state index contributed by atoms with van der Waals surface area (Å²) in [5.41, 5.74) is 7.64. The maximum atomic E-state index is 5.58. The van der Waals surface area contributed by atoms with E-state index in [1.807, 2.05) is 18.4 Å². The van der Waals surface area contributed by atoms with Crippen molar-refractivity contribution in [3.05, 3.63) is 28.7 Å². The molecule has 0 fully saturated rings. The van der Waals surface area contributed by atoms with Crippen LogP contribution in [-0.2, 0) is 0 Å². The first-order valence-corrected chi connectivity index (χ1v) is 6.37. The highest BCUT2D eigenvalue weighted by molar-refractivity contribution is 9.10. The minimum atomic E-state index is 0.511. The van der Waals surface area contributed by atoms with Crippen molar-refractivity contribution in [2.45, 2.75) is 4.90 Å². The average molecular weight is 284 g/mol. The van der Waals surface area contributed by atoms with Crippen LogP contribution in [0.5, 0.6) is 0 Å². The van der Waals surface area contributed by atoms with E-state index in [4.69, 9.17) is 5.73 Å². The molecule has 1 aromatic carbocycles. The smallest absolute Gasteiger partial charge is 0.145 e. The second-order valence-electron chi connectivity index (χ2n) is 3.05. The van der Waals surface area contributed by atoms with E-state index in [0.717, 1.165) is 15.7 Å². The van der Waals surface area contributed by atoms with Crippen molar-refractivity contribution in [1.29, 1.82) is 0 Å². The molecule has 0 amide bonds. The molecule has 3 nitrogen and oxygen atoms in total. The van der Waals surface area contributed by atoms with Gasteiger partial charge in [0.1, 0.15) is 5.82 Å². The van der Waals surface area contributed by atoms with Crippen LogP contribution in [-0.4, -0.2) is 16.5 Å². The quantitative estimate of drug-likeness (QED) is 0.833. The molecule has 15 heavy (non-hydrogen) atoms. The van der Waals surface area contributed by atoms with Crippen LogP contribution in [0.2, 0.25) is 0 Å². The van der Waals surface area contributed by atoms with Gasteiger partial charge in [0.25, 0.3) is 0 Å². The molecule has 0 radical (unpaired) electrons. The van der Waals surface area contributed by atoms with Gasteiger partial charge in [-0.25, -0.2) is 0 Å². The predicted molar refractivity (Wildman–Crippen MR) is 67.9 cm³/mol. The van der Waals surface area contributed by atoms with Crippen LogP contribution in [0.4, 0.5) is 5.82 Å². The zero-order chi connectivity index (χ0) is 10.8. The van der Waals surface area contributed by atoms with Gasteiger partial charge in [-0.2, -0.15) is 5.10 Å². The van der Waals surface area contributed by atoms with Crippen molar-refractivity contribution in [2.24, 2.45) is 0 Å². The summed E-state index contributed by atoms with van der Waals surface area (Å²) >= 11 is 5.15. The topological polar surface area (TPSA) is 54.7 Å². The Bertz CT molecular complexity index is 481. The van der Waals surface area contributed by atoms with Crippen LogP contribution >= 0.6 is 27.7 Å². The van der Waals surface area contributed by atoms with Gasteiger partial charge < -0.3 is 5.73 Å². The highest BCUT2D eigenvalue weighted by Gasteiger charge is 2.07. The second-order valence-corrected chi connectivity index (χ2v) is 4.81. The van der Waals surface area contributed by atoms with Gasteiger partial charge in [0.15, 0.2) is 0 Å². The van der Waals surface area contributed by atoms with Crippen LogP contribution in [0.1, 0.15) is 0 Å². The Labute approximate surface area is 101 Å². The molecular formula is C10H10BrN3S. The number of nitrogen functional groups attached to an aromatic ring is 1. The fraction of sp³-hybridized carbons (Fsp3) is 0.100. The van der Waals surface area contributed by atoms with Gasteiger partial charge in [0.05, 0.1) is 5.69 Å². The van der Waals surface area contributed by atoms with E-state index in [1.165, 1.54) is 4.90 Å². The predicted octanol–water partition coefficient (Wildman–Crippen LogP) is 3.14. The molecule has 1 heterocycles. The summed E-state index contributed by atoms with van der Waals surface area (Å²) < 4.78 is 1.04. The van der Waals surface area contributed by atoms with Gasteiger partial charge in [-0.05, 0) is 24.5 Å². The van der Waals surface area contributed by atoms with Crippen molar-refractivity contribution in [3.8, 4) is 11.3 Å². The van der Waals surface area contributed by atoms with E-state index in [9.17, 15) is 0 Å². The third-order valence-electron chi connectivity index (χ3n) is 2.05. The zero-order valence-electron chi connectivity index (χ0n) is 8.12. The van der Waals surface area contributed by atoms with Gasteiger partial charge in [-0.1, -0.05) is 15.9 Å². The molecule has 0 saturated carbocycles. The number of anilines is 1. The minimum absolute atomic E-state index is 0.511. The summed E-state index contributed by atoms with van der Waals surface area (Å²) in [5, 5.41) is 6.84. The normalized spacial score (nSPS) is 10.5. The number of rotatable bonds is 2. The van der Waals surface area contributed by atoms with Crippen LogP contribution in [0.3, 0.4) is 0 Å². The van der Waals surface area contributed by atoms with Crippen molar-refractivity contribution in [1.82, 2.24) is 10.2 Å². The van der Waals surface area contributed by atoms with E-state index in [-0.39, 0.29) is 0 Å². The molecule has 78 valence electrons. The molecule has 0 aliphatic rings. The fourth-order valence-corrected chi connectivity index (χ4v) is 2.32. The lowest BCUT2D eigenvalue weighted by molar-refractivity contribution is 1.10. The van der Waals surface area contributed by atoms with E-state index >= 15 is 0 Å². The van der Waals surface area contributed by atoms with Gasteiger partial charge in [-0.15, -0.1) is 11.8 Å². The minimum Gasteiger partial charge on any atom is -0.382 e. The third kappa shape index (κ3) is 2.18. The summed E-state index contributed by atoms with van der Waals surface area (Å²) in [7, 11) is 0. The van der Waals surface area contributed by atoms with Crippen molar-refractivity contribution in [3.63, 3.8) is 0 Å². The Hall–Kier alpha value is -0.940. The van der Waals surface area contributed by atoms with Crippen molar-refractivity contribution < 1.29 is 0 Å². The number of thioether (sulfide) groups is 1. The summed E-state index contributed by atoms with van der Waals surface area (Å²) in [6.07, 6.45) is 2.05. The summed E-state index contributed by atoms with van der Waals surface area (Å²) in [4.78, 5) is 1.20. The molecule has 0 aliphatic carbocycles. The highest BCUT2D eigenvalue weighted by Crippen LogP contribution is 2.32. The van der Waals surface area contributed by atoms with Crippen molar-refractivity contribution in [2.75, 3.05) is 12.0 Å². The first-order chi connectivity index (χ1) is 7.20. The number of H-pyrrole nitrogens is 1. The molecule has 0 spiro atoms. The molecule has 0 bridgehead atoms. The Morgan fingerprint density at radius 1 is 1.40 bits per heavy atom. The summed E-state index contributed by atoms with van der Waals surface area (Å²) in [6, 6.07) is 7.98. The van der Waals surface area contributed by atoms with Gasteiger partial charge >= 0.3 is 0 Å². The number of halogens is 1. The molecule has 5 heteroatoms. The monoisotopic (exact) mass is 283 g/mol. The van der Waals surface area contributed by atoms with E-state index in [1.54, 1.807) is 11.8 Å². The van der Waals surface area contributed by atoms with Crippen LogP contribution in [0.15, 0.2) is 33.6 Å². The summed E-state index contributed by atoms with van der Waals surface area (Å²) in [5.74, 6) is 0.511. The Balaban J connectivity index is 2.55. The molecular weight excluding hydrogens is 274 g/mol. The molecule has 0 atom stereocenters. The molecule has 2 aromatic rings. The van der Waals surface area contributed by atoms with Crippen molar-refractivity contribution >= 4 is 33.5 Å². The number of nitrogens with two attached hydrogens (primary N) is 1. The van der Waals surface area contributed by atoms with Crippen LogP contribution in [0, 0.1) is 0 Å². The Morgan fingerprint density at radius 2 is 2.20 bits per heavy atom. The molecule has 2 rings (SSSR count). The van der Waals surface area contributed by atoms with E-state index in [2.05, 4.69) is 38.3 Å². The Kier molecular flexibility index (Phi) is 3.02. The lowest BCUT2D eigenvalue weighted by Gasteiger charge is -2.05. The lowest BCUT2D eigenvalue weighted by Crippen LogP contribution is -1.82. The molecule has 0 unspecified atom stereocenters. The fourth-order valence-electron chi connectivity index (χ4n) is 1.37. The number of nitrogens with one attached hydrogen (secondary N) is 1. The maximum Gasteiger partial charge on any atom is 0.145 e. The average Bonchev–Trinajstić information content (AvgIpc) is 2.65. The third-order valence-corrected chi connectivity index (χ3v) is 3.34. The second kappa shape index (κ2) is 4.28. The van der Waals surface area contributed by atoms with E-state index < -0.39 is 0 Å². The SMILES string of the molecule is CSc1ccc(Br)cc1-c1cc(N)n[nH]1. The number of nitrogens with zero attached hydrogens (tertiary/aromatic N) is 1. The molecule has 0 saturated heterocycles. The maximum absolute atomic E-state index is 5.58. The molecule has 3 N–H and O–H groups in total. The van der Waals surface area contributed by atoms with Gasteiger partial charge in [0, 0.05) is 21.0 Å². The number of aromatic amines is 1. The molecule has 0 aliphatic heterocycles. The van der Waals surface area contributed by atoms with Crippen LogP contribution < -0.4 is 5.73 Å². The number of hydrogen-bond donors (Lipinski definition) is 2. The number of hydrogen-bond acceptors (Lipinski definition) is 3. The molecule has 1 aromatic heterocycles. The van der Waals surface area contributed by atoms with Crippen LogP contribution in [0.25, 0.3) is 11.3 Å². The number of benzene rings is 1. The Morgan fingerprint density at radius 3 is 2.80 bits per heavy atom. The largest absolute Gasteiger partial charge is 0.382 e. The zero-order valence-corrected chi connectivity index (χ0v) is 10.5. The summed E-state index contributed by atoms with van der Waals surface area (Å²) in [6.45, 7) is 0. The lowest BCUT2D eigenvalue weighted by atomic mass is 10.1.